The Bertz CT molecular complexity index is 899. The van der Waals surface area contributed by atoms with Gasteiger partial charge in [-0.1, -0.05) is 13.3 Å². The molecule has 0 bridgehead atoms. The summed E-state index contributed by atoms with van der Waals surface area (Å²) in [5.74, 6) is -2.54. The summed E-state index contributed by atoms with van der Waals surface area (Å²) in [7, 11) is 0. The zero-order valence-corrected chi connectivity index (χ0v) is 14.3. The highest BCUT2D eigenvalue weighted by atomic mass is 16.6. The van der Waals surface area contributed by atoms with Gasteiger partial charge in [0.25, 0.3) is 0 Å². The van der Waals surface area contributed by atoms with Crippen LogP contribution in [0.5, 0.6) is 17.2 Å². The summed E-state index contributed by atoms with van der Waals surface area (Å²) in [6, 6.07) is 4.89. The highest BCUT2D eigenvalue weighted by Crippen LogP contribution is 2.39. The second-order valence-corrected chi connectivity index (χ2v) is 6.51. The molecule has 3 rings (SSSR count). The van der Waals surface area contributed by atoms with Crippen LogP contribution >= 0.6 is 0 Å². The first-order chi connectivity index (χ1) is 12.3. The fourth-order valence-electron chi connectivity index (χ4n) is 3.17. The van der Waals surface area contributed by atoms with Crippen molar-refractivity contribution >= 4 is 5.78 Å². The van der Waals surface area contributed by atoms with Gasteiger partial charge >= 0.3 is 5.63 Å². The number of Topliss-reactive ketones (excluding diaryl/α,β-unsaturated/α-hetero) is 1. The van der Waals surface area contributed by atoms with Gasteiger partial charge in [0.2, 0.25) is 5.79 Å². The van der Waals surface area contributed by atoms with Crippen LogP contribution in [-0.4, -0.2) is 26.9 Å². The number of hydrogen-bond donors (Lipinski definition) is 3. The van der Waals surface area contributed by atoms with E-state index < -0.39 is 11.4 Å². The van der Waals surface area contributed by atoms with Gasteiger partial charge in [-0.15, -0.1) is 0 Å². The average molecular weight is 360 g/mol. The molecular formula is C19H20O7. The number of aryl methyl sites for hydroxylation is 1. The second kappa shape index (κ2) is 6.84. The van der Waals surface area contributed by atoms with E-state index in [0.717, 1.165) is 18.9 Å². The van der Waals surface area contributed by atoms with E-state index in [1.54, 1.807) is 0 Å². The molecule has 0 unspecified atom stereocenters. The number of phenolic OH excluding ortho intramolecular Hbond substituents is 1. The molecule has 1 aromatic heterocycles. The van der Waals surface area contributed by atoms with E-state index in [1.807, 2.05) is 6.92 Å². The molecular weight excluding hydrogens is 340 g/mol. The lowest BCUT2D eigenvalue weighted by molar-refractivity contribution is -0.140. The molecule has 7 nitrogen and oxygen atoms in total. The molecule has 26 heavy (non-hydrogen) atoms. The van der Waals surface area contributed by atoms with E-state index in [0.29, 0.717) is 17.5 Å². The molecule has 1 aromatic carbocycles. The number of carbonyl (C=O) groups is 1. The van der Waals surface area contributed by atoms with Crippen LogP contribution in [-0.2, 0) is 12.8 Å². The Morgan fingerprint density at radius 3 is 2.54 bits per heavy atom. The third-order valence-electron chi connectivity index (χ3n) is 4.24. The van der Waals surface area contributed by atoms with Crippen LogP contribution in [0.3, 0.4) is 0 Å². The highest BCUT2D eigenvalue weighted by Gasteiger charge is 2.41. The molecule has 0 saturated heterocycles. The monoisotopic (exact) mass is 360 g/mol. The van der Waals surface area contributed by atoms with Crippen molar-refractivity contribution in [3.05, 3.63) is 51.6 Å². The summed E-state index contributed by atoms with van der Waals surface area (Å²) in [6.45, 7) is 2.02. The first kappa shape index (κ1) is 18.0. The quantitative estimate of drug-likeness (QED) is 0.749. The Labute approximate surface area is 149 Å². The lowest BCUT2D eigenvalue weighted by Gasteiger charge is -2.33. The van der Waals surface area contributed by atoms with Crippen molar-refractivity contribution in [2.24, 2.45) is 0 Å². The van der Waals surface area contributed by atoms with Crippen LogP contribution in [0, 0.1) is 0 Å². The molecule has 0 fully saturated rings. The zero-order chi connectivity index (χ0) is 18.9. The largest absolute Gasteiger partial charge is 0.508 e. The number of hydrogen-bond acceptors (Lipinski definition) is 7. The van der Waals surface area contributed by atoms with E-state index in [2.05, 4.69) is 0 Å². The number of benzene rings is 1. The Morgan fingerprint density at radius 1 is 1.12 bits per heavy atom. The SMILES string of the molecule is CCCCc1cc(O)cc2c1C(=O)C[C@@](O)(Cc1cc(O)cc(=O)o1)O2. The van der Waals surface area contributed by atoms with Gasteiger partial charge in [0, 0.05) is 12.1 Å². The molecule has 0 radical (unpaired) electrons. The minimum Gasteiger partial charge on any atom is -0.508 e. The van der Waals surface area contributed by atoms with E-state index in [4.69, 9.17) is 9.15 Å². The summed E-state index contributed by atoms with van der Waals surface area (Å²) in [6.07, 6.45) is 1.76. The number of unbranched alkanes of at least 4 members (excludes halogenated alkanes) is 1. The molecule has 2 heterocycles. The van der Waals surface area contributed by atoms with Crippen molar-refractivity contribution in [1.29, 1.82) is 0 Å². The third kappa shape index (κ3) is 3.72. The zero-order valence-electron chi connectivity index (χ0n) is 14.3. The van der Waals surface area contributed by atoms with Gasteiger partial charge in [0.1, 0.15) is 23.0 Å². The van der Waals surface area contributed by atoms with Gasteiger partial charge in [-0.05, 0) is 24.5 Å². The first-order valence-electron chi connectivity index (χ1n) is 8.43. The fourth-order valence-corrected chi connectivity index (χ4v) is 3.17. The Kier molecular flexibility index (Phi) is 4.73. The molecule has 0 aliphatic carbocycles. The number of rotatable bonds is 5. The lowest BCUT2D eigenvalue weighted by atomic mass is 9.90. The van der Waals surface area contributed by atoms with E-state index >= 15 is 0 Å². The molecule has 2 aromatic rings. The van der Waals surface area contributed by atoms with Gasteiger partial charge in [0.05, 0.1) is 24.5 Å². The maximum absolute atomic E-state index is 12.7. The van der Waals surface area contributed by atoms with Crippen LogP contribution in [0.1, 0.15) is 47.9 Å². The maximum atomic E-state index is 12.7. The number of aliphatic hydroxyl groups is 1. The Morgan fingerprint density at radius 2 is 1.85 bits per heavy atom. The van der Waals surface area contributed by atoms with Gasteiger partial charge in [0.15, 0.2) is 5.78 Å². The molecule has 0 spiro atoms. The summed E-state index contributed by atoms with van der Waals surface area (Å²) in [5.41, 5.74) is 0.265. The molecule has 7 heteroatoms. The maximum Gasteiger partial charge on any atom is 0.339 e. The summed E-state index contributed by atoms with van der Waals surface area (Å²) in [5, 5.41) is 30.1. The minimum absolute atomic E-state index is 0.0138. The third-order valence-corrected chi connectivity index (χ3v) is 4.24. The molecule has 1 aliphatic rings. The van der Waals surface area contributed by atoms with Crippen molar-refractivity contribution in [3.63, 3.8) is 0 Å². The van der Waals surface area contributed by atoms with Crippen molar-refractivity contribution in [1.82, 2.24) is 0 Å². The van der Waals surface area contributed by atoms with E-state index in [9.17, 15) is 24.9 Å². The first-order valence-corrected chi connectivity index (χ1v) is 8.43. The Balaban J connectivity index is 1.94. The van der Waals surface area contributed by atoms with Crippen LogP contribution in [0.15, 0.2) is 33.5 Å². The number of carbonyl (C=O) groups excluding carboxylic acids is 1. The van der Waals surface area contributed by atoms with E-state index in [-0.39, 0.29) is 41.6 Å². The van der Waals surface area contributed by atoms with Gasteiger partial charge in [-0.25, -0.2) is 4.79 Å². The van der Waals surface area contributed by atoms with Crippen LogP contribution < -0.4 is 10.4 Å². The van der Waals surface area contributed by atoms with Crippen LogP contribution in [0.2, 0.25) is 0 Å². The average Bonchev–Trinajstić information content (AvgIpc) is 2.49. The second-order valence-electron chi connectivity index (χ2n) is 6.51. The smallest absolute Gasteiger partial charge is 0.339 e. The molecule has 1 aliphatic heterocycles. The standard InChI is InChI=1S/C19H20O7/c1-2-3-4-11-5-12(20)7-16-18(11)15(22)10-19(24,26-16)9-14-6-13(21)8-17(23)25-14/h5-8,20-21,24H,2-4,9-10H2,1H3/t19-/m1/s1. The molecule has 0 amide bonds. The van der Waals surface area contributed by atoms with Gasteiger partial charge < -0.3 is 24.5 Å². The van der Waals surface area contributed by atoms with Crippen LogP contribution in [0.25, 0.3) is 0 Å². The number of aromatic hydroxyl groups is 2. The summed E-state index contributed by atoms with van der Waals surface area (Å²) < 4.78 is 10.5. The van der Waals surface area contributed by atoms with Crippen molar-refractivity contribution in [2.45, 2.75) is 44.8 Å². The lowest BCUT2D eigenvalue weighted by Crippen LogP contribution is -2.44. The van der Waals surface area contributed by atoms with Crippen molar-refractivity contribution < 1.29 is 29.3 Å². The summed E-state index contributed by atoms with van der Waals surface area (Å²) in [4.78, 5) is 24.0. The predicted molar refractivity (Wildman–Crippen MR) is 91.6 cm³/mol. The fraction of sp³-hybridized carbons (Fsp3) is 0.368. The normalized spacial score (nSPS) is 19.1. The number of phenols is 1. The number of ketones is 1. The van der Waals surface area contributed by atoms with E-state index in [1.165, 1.54) is 18.2 Å². The molecule has 0 saturated carbocycles. The molecule has 138 valence electrons. The Hall–Kier alpha value is -2.80. The number of ether oxygens (including phenoxy) is 1. The predicted octanol–water partition coefficient (Wildman–Crippen LogP) is 2.29. The minimum atomic E-state index is -1.94. The van der Waals surface area contributed by atoms with Crippen LogP contribution in [0.4, 0.5) is 0 Å². The van der Waals surface area contributed by atoms with Gasteiger partial charge in [-0.3, -0.25) is 4.79 Å². The van der Waals surface area contributed by atoms with Gasteiger partial charge in [-0.2, -0.15) is 0 Å². The number of fused-ring (bicyclic) bond motifs is 1. The summed E-state index contributed by atoms with van der Waals surface area (Å²) >= 11 is 0. The highest BCUT2D eigenvalue weighted by molar-refractivity contribution is 6.01. The van der Waals surface area contributed by atoms with Crippen molar-refractivity contribution in [2.75, 3.05) is 0 Å². The molecule has 1 atom stereocenters. The topological polar surface area (TPSA) is 117 Å². The molecule has 3 N–H and O–H groups in total. The van der Waals surface area contributed by atoms with Crippen molar-refractivity contribution in [3.8, 4) is 17.2 Å².